The van der Waals surface area contributed by atoms with Crippen LogP contribution >= 0.6 is 15.9 Å². The second kappa shape index (κ2) is 7.38. The Labute approximate surface area is 116 Å². The molecule has 0 aromatic heterocycles. The van der Waals surface area contributed by atoms with Gasteiger partial charge in [-0.1, -0.05) is 13.0 Å². The molecule has 0 heterocycles. The number of nitrogens with two attached hydrogens (primary N) is 1. The highest BCUT2D eigenvalue weighted by molar-refractivity contribution is 9.10. The van der Waals surface area contributed by atoms with E-state index >= 15 is 0 Å². The normalized spacial score (nSPS) is 12.0. The van der Waals surface area contributed by atoms with Crippen molar-refractivity contribution in [2.75, 3.05) is 6.61 Å². The lowest BCUT2D eigenvalue weighted by atomic mass is 10.2. The van der Waals surface area contributed by atoms with E-state index in [-0.39, 0.29) is 5.97 Å². The quantitative estimate of drug-likeness (QED) is 0.820. The fourth-order valence-electron chi connectivity index (χ4n) is 1.45. The molecule has 2 N–H and O–H groups in total. The van der Waals surface area contributed by atoms with Crippen molar-refractivity contribution in [2.24, 2.45) is 5.73 Å². The van der Waals surface area contributed by atoms with Crippen molar-refractivity contribution < 1.29 is 14.3 Å². The predicted molar refractivity (Wildman–Crippen MR) is 73.4 cm³/mol. The first kappa shape index (κ1) is 15.0. The standard InChI is InChI=1S/C13H18BrNO3/c1-3-11(13(16)17-4-2)18-12-6-5-9(8-15)7-10(12)14/h5-7,11H,3-4,8,15H2,1-2H3. The molecule has 0 fully saturated rings. The Bertz CT molecular complexity index is 409. The zero-order valence-corrected chi connectivity index (χ0v) is 12.2. The van der Waals surface area contributed by atoms with Crippen molar-refractivity contribution in [1.29, 1.82) is 0 Å². The maximum atomic E-state index is 11.6. The van der Waals surface area contributed by atoms with Crippen molar-refractivity contribution in [3.05, 3.63) is 28.2 Å². The summed E-state index contributed by atoms with van der Waals surface area (Å²) in [6, 6.07) is 5.55. The fourth-order valence-corrected chi connectivity index (χ4v) is 1.97. The lowest BCUT2D eigenvalue weighted by molar-refractivity contribution is -0.151. The van der Waals surface area contributed by atoms with Gasteiger partial charge in [-0.25, -0.2) is 4.79 Å². The first-order valence-corrected chi connectivity index (χ1v) is 6.73. The van der Waals surface area contributed by atoms with Gasteiger partial charge in [-0.15, -0.1) is 0 Å². The Morgan fingerprint density at radius 1 is 1.44 bits per heavy atom. The second-order valence-electron chi connectivity index (χ2n) is 3.74. The first-order chi connectivity index (χ1) is 8.62. The van der Waals surface area contributed by atoms with Crippen LogP contribution in [0.1, 0.15) is 25.8 Å². The number of hydrogen-bond acceptors (Lipinski definition) is 4. The van der Waals surface area contributed by atoms with E-state index in [1.807, 2.05) is 19.1 Å². The molecule has 0 saturated heterocycles. The van der Waals surface area contributed by atoms with Gasteiger partial charge in [-0.3, -0.25) is 0 Å². The Hall–Kier alpha value is -1.07. The SMILES string of the molecule is CCOC(=O)C(CC)Oc1ccc(CN)cc1Br. The lowest BCUT2D eigenvalue weighted by Crippen LogP contribution is -2.28. The van der Waals surface area contributed by atoms with Crippen LogP contribution in [0.15, 0.2) is 22.7 Å². The van der Waals surface area contributed by atoms with E-state index in [0.717, 1.165) is 10.0 Å². The van der Waals surface area contributed by atoms with Crippen LogP contribution < -0.4 is 10.5 Å². The molecular formula is C13H18BrNO3. The molecule has 1 unspecified atom stereocenters. The maximum absolute atomic E-state index is 11.6. The van der Waals surface area contributed by atoms with Crippen molar-refractivity contribution in [1.82, 2.24) is 0 Å². The fraction of sp³-hybridized carbons (Fsp3) is 0.462. The number of benzene rings is 1. The molecule has 1 aromatic carbocycles. The smallest absolute Gasteiger partial charge is 0.347 e. The van der Waals surface area contributed by atoms with Crippen molar-refractivity contribution in [3.63, 3.8) is 0 Å². The molecule has 1 rings (SSSR count). The van der Waals surface area contributed by atoms with Crippen molar-refractivity contribution in [2.45, 2.75) is 32.9 Å². The summed E-state index contributed by atoms with van der Waals surface area (Å²) in [5.74, 6) is 0.280. The minimum absolute atomic E-state index is 0.338. The van der Waals surface area contributed by atoms with Crippen molar-refractivity contribution in [3.8, 4) is 5.75 Å². The molecule has 0 aliphatic heterocycles. The van der Waals surface area contributed by atoms with Gasteiger partial charge in [0.15, 0.2) is 6.10 Å². The number of carbonyl (C=O) groups excluding carboxylic acids is 1. The summed E-state index contributed by atoms with van der Waals surface area (Å²) in [7, 11) is 0. The van der Waals surface area contributed by atoms with Crippen LogP contribution in [-0.4, -0.2) is 18.7 Å². The van der Waals surface area contributed by atoms with Crippen LogP contribution in [0.3, 0.4) is 0 Å². The van der Waals surface area contributed by atoms with Gasteiger partial charge in [0, 0.05) is 6.54 Å². The van der Waals surface area contributed by atoms with Crippen LogP contribution in [0.2, 0.25) is 0 Å². The largest absolute Gasteiger partial charge is 0.478 e. The van der Waals surface area contributed by atoms with E-state index in [0.29, 0.717) is 25.3 Å². The van der Waals surface area contributed by atoms with E-state index in [4.69, 9.17) is 15.2 Å². The molecule has 0 bridgehead atoms. The van der Waals surface area contributed by atoms with E-state index < -0.39 is 6.10 Å². The number of hydrogen-bond donors (Lipinski definition) is 1. The highest BCUT2D eigenvalue weighted by atomic mass is 79.9. The van der Waals surface area contributed by atoms with Crippen LogP contribution in [0, 0.1) is 0 Å². The third-order valence-electron chi connectivity index (χ3n) is 2.42. The summed E-state index contributed by atoms with van der Waals surface area (Å²) in [5.41, 5.74) is 6.55. The van der Waals surface area contributed by atoms with Gasteiger partial charge in [0.1, 0.15) is 5.75 Å². The molecule has 0 aliphatic rings. The molecule has 100 valence electrons. The van der Waals surface area contributed by atoms with Crippen LogP contribution in [-0.2, 0) is 16.1 Å². The summed E-state index contributed by atoms with van der Waals surface area (Å²) < 4.78 is 11.4. The molecule has 18 heavy (non-hydrogen) atoms. The highest BCUT2D eigenvalue weighted by Crippen LogP contribution is 2.27. The highest BCUT2D eigenvalue weighted by Gasteiger charge is 2.20. The number of halogens is 1. The Morgan fingerprint density at radius 2 is 2.17 bits per heavy atom. The maximum Gasteiger partial charge on any atom is 0.347 e. The number of esters is 1. The third-order valence-corrected chi connectivity index (χ3v) is 3.04. The van der Waals surface area contributed by atoms with Crippen molar-refractivity contribution >= 4 is 21.9 Å². The summed E-state index contributed by atoms with van der Waals surface area (Å²) >= 11 is 3.40. The Kier molecular flexibility index (Phi) is 6.15. The number of rotatable bonds is 6. The average molecular weight is 316 g/mol. The molecule has 4 nitrogen and oxygen atoms in total. The minimum atomic E-state index is -0.579. The van der Waals surface area contributed by atoms with E-state index in [9.17, 15) is 4.79 Å². The Morgan fingerprint density at radius 3 is 2.67 bits per heavy atom. The van der Waals surface area contributed by atoms with Crippen LogP contribution in [0.25, 0.3) is 0 Å². The molecular weight excluding hydrogens is 298 g/mol. The molecule has 0 aliphatic carbocycles. The molecule has 0 radical (unpaired) electrons. The van der Waals surface area contributed by atoms with Crippen LogP contribution in [0.4, 0.5) is 0 Å². The zero-order chi connectivity index (χ0) is 13.5. The van der Waals surface area contributed by atoms with Crippen LogP contribution in [0.5, 0.6) is 5.75 Å². The summed E-state index contributed by atoms with van der Waals surface area (Å²) in [4.78, 5) is 11.6. The molecule has 0 spiro atoms. The third kappa shape index (κ3) is 3.99. The predicted octanol–water partition coefficient (Wildman–Crippen LogP) is 2.63. The number of carbonyl (C=O) groups is 1. The molecule has 5 heteroatoms. The summed E-state index contributed by atoms with van der Waals surface area (Å²) in [6.07, 6.45) is -0.0193. The minimum Gasteiger partial charge on any atom is -0.478 e. The van der Waals surface area contributed by atoms with Gasteiger partial charge in [-0.05, 0) is 47.0 Å². The van der Waals surface area contributed by atoms with Gasteiger partial charge in [0.25, 0.3) is 0 Å². The molecule has 0 saturated carbocycles. The van der Waals surface area contributed by atoms with Gasteiger partial charge in [0.2, 0.25) is 0 Å². The first-order valence-electron chi connectivity index (χ1n) is 5.94. The summed E-state index contributed by atoms with van der Waals surface area (Å²) in [6.45, 7) is 4.47. The van der Waals surface area contributed by atoms with Gasteiger partial charge in [-0.2, -0.15) is 0 Å². The van der Waals surface area contributed by atoms with Gasteiger partial charge >= 0.3 is 5.97 Å². The molecule has 1 aromatic rings. The van der Waals surface area contributed by atoms with E-state index in [1.54, 1.807) is 13.0 Å². The van der Waals surface area contributed by atoms with E-state index in [1.165, 1.54) is 0 Å². The average Bonchev–Trinajstić information content (AvgIpc) is 2.37. The zero-order valence-electron chi connectivity index (χ0n) is 10.6. The molecule has 1 atom stereocenters. The monoisotopic (exact) mass is 315 g/mol. The van der Waals surface area contributed by atoms with E-state index in [2.05, 4.69) is 15.9 Å². The second-order valence-corrected chi connectivity index (χ2v) is 4.59. The Balaban J connectivity index is 2.78. The van der Waals surface area contributed by atoms with Gasteiger partial charge in [0.05, 0.1) is 11.1 Å². The molecule has 0 amide bonds. The topological polar surface area (TPSA) is 61.5 Å². The number of ether oxygens (including phenoxy) is 2. The summed E-state index contributed by atoms with van der Waals surface area (Å²) in [5, 5.41) is 0. The van der Waals surface area contributed by atoms with Gasteiger partial charge < -0.3 is 15.2 Å². The lowest BCUT2D eigenvalue weighted by Gasteiger charge is -2.17.